The molecular weight excluding hydrogens is 385 g/mol. The van der Waals surface area contributed by atoms with Crippen molar-refractivity contribution in [3.8, 4) is 0 Å². The Morgan fingerprint density at radius 3 is 1.09 bits per heavy atom. The molecule has 0 aromatic carbocycles. The second kappa shape index (κ2) is 14.4. The number of likely N-dealkylation sites (N-methyl/N-ethyl adjacent to an activating group) is 2. The third-order valence-corrected chi connectivity index (χ3v) is 2.70. The minimum absolute atomic E-state index is 0. The van der Waals surface area contributed by atoms with Crippen LogP contribution in [0.2, 0.25) is 0 Å². The zero-order valence-corrected chi connectivity index (χ0v) is 13.8. The van der Waals surface area contributed by atoms with Crippen LogP contribution in [0.3, 0.4) is 0 Å². The fourth-order valence-corrected chi connectivity index (χ4v) is 2.14. The van der Waals surface area contributed by atoms with Gasteiger partial charge < -0.3 is 45.2 Å². The molecule has 23 heavy (non-hydrogen) atoms. The SMILES string of the molecule is CCNC1CCCCC1NCC.F[B-](F)(F)F.F[B-](F)(F)F.[Cu+2]. The first-order valence-corrected chi connectivity index (χ1v) is 7.09. The largest absolute Gasteiger partial charge is 2.00 e. The van der Waals surface area contributed by atoms with Crippen LogP contribution in [0.1, 0.15) is 39.5 Å². The van der Waals surface area contributed by atoms with E-state index in [2.05, 4.69) is 24.5 Å². The predicted molar refractivity (Wildman–Crippen MR) is 73.8 cm³/mol. The molecule has 1 fully saturated rings. The summed E-state index contributed by atoms with van der Waals surface area (Å²) in [5.74, 6) is 0. The molecule has 2 atom stereocenters. The molecule has 1 aliphatic carbocycles. The van der Waals surface area contributed by atoms with E-state index in [9.17, 15) is 34.5 Å². The van der Waals surface area contributed by atoms with E-state index in [4.69, 9.17) is 0 Å². The van der Waals surface area contributed by atoms with Gasteiger partial charge in [-0.1, -0.05) is 26.7 Å². The van der Waals surface area contributed by atoms with Gasteiger partial charge in [-0.2, -0.15) is 0 Å². The molecule has 1 saturated carbocycles. The molecule has 1 radical (unpaired) electrons. The summed E-state index contributed by atoms with van der Waals surface area (Å²) in [4.78, 5) is 0. The second-order valence-corrected chi connectivity index (χ2v) is 4.60. The Labute approximate surface area is 142 Å². The van der Waals surface area contributed by atoms with Crippen LogP contribution in [-0.2, 0) is 17.1 Å². The fraction of sp³-hybridized carbons (Fsp3) is 1.00. The smallest absolute Gasteiger partial charge is 0.418 e. The van der Waals surface area contributed by atoms with E-state index >= 15 is 0 Å². The van der Waals surface area contributed by atoms with Crippen molar-refractivity contribution in [1.29, 1.82) is 0 Å². The summed E-state index contributed by atoms with van der Waals surface area (Å²) >= 11 is 0. The van der Waals surface area contributed by atoms with E-state index in [1.807, 2.05) is 0 Å². The van der Waals surface area contributed by atoms with Crippen LogP contribution in [0, 0.1) is 0 Å². The van der Waals surface area contributed by atoms with Crippen LogP contribution in [0.15, 0.2) is 0 Å². The van der Waals surface area contributed by atoms with Crippen molar-refractivity contribution < 1.29 is 51.6 Å². The van der Waals surface area contributed by atoms with Crippen LogP contribution in [0.5, 0.6) is 0 Å². The van der Waals surface area contributed by atoms with Gasteiger partial charge in [0.05, 0.1) is 0 Å². The molecule has 0 saturated heterocycles. The summed E-state index contributed by atoms with van der Waals surface area (Å²) < 4.78 is 78.0. The topological polar surface area (TPSA) is 24.1 Å². The first-order valence-electron chi connectivity index (χ1n) is 7.09. The Hall–Kier alpha value is 0.00935. The molecule has 2 nitrogen and oxygen atoms in total. The first-order chi connectivity index (χ1) is 9.88. The van der Waals surface area contributed by atoms with Crippen LogP contribution in [0.4, 0.5) is 34.5 Å². The van der Waals surface area contributed by atoms with Crippen molar-refractivity contribution in [2.45, 2.75) is 51.6 Å². The minimum atomic E-state index is -6.00. The monoisotopic (exact) mass is 407 g/mol. The fourth-order valence-electron chi connectivity index (χ4n) is 2.14. The number of hydrogen-bond acceptors (Lipinski definition) is 2. The van der Waals surface area contributed by atoms with Gasteiger partial charge in [-0.25, -0.2) is 0 Å². The van der Waals surface area contributed by atoms with Gasteiger partial charge in [0.15, 0.2) is 0 Å². The minimum Gasteiger partial charge on any atom is -0.418 e. The van der Waals surface area contributed by atoms with E-state index in [1.165, 1.54) is 25.7 Å². The number of halogens is 8. The summed E-state index contributed by atoms with van der Waals surface area (Å²) in [6.45, 7) is 6.59. The molecule has 0 aliphatic heterocycles. The van der Waals surface area contributed by atoms with Gasteiger partial charge in [0, 0.05) is 12.1 Å². The molecule has 1 aliphatic rings. The van der Waals surface area contributed by atoms with Gasteiger partial charge >= 0.3 is 31.6 Å². The molecule has 0 aromatic rings. The molecule has 2 N–H and O–H groups in total. The Bertz CT molecular complexity index is 226. The molecule has 2 unspecified atom stereocenters. The number of nitrogens with one attached hydrogen (secondary N) is 2. The Morgan fingerprint density at radius 1 is 0.696 bits per heavy atom. The van der Waals surface area contributed by atoms with Crippen molar-refractivity contribution in [1.82, 2.24) is 10.6 Å². The third kappa shape index (κ3) is 30.5. The quantitative estimate of drug-likeness (QED) is 0.541. The van der Waals surface area contributed by atoms with Gasteiger partial charge in [-0.15, -0.1) is 0 Å². The molecule has 0 aromatic heterocycles. The zero-order chi connectivity index (χ0) is 17.8. The van der Waals surface area contributed by atoms with Gasteiger partial charge in [0.1, 0.15) is 0 Å². The van der Waals surface area contributed by atoms with Gasteiger partial charge in [0.2, 0.25) is 0 Å². The first kappa shape index (κ1) is 27.8. The Morgan fingerprint density at radius 2 is 0.913 bits per heavy atom. The van der Waals surface area contributed by atoms with Crippen molar-refractivity contribution in [2.24, 2.45) is 0 Å². The molecule has 0 spiro atoms. The van der Waals surface area contributed by atoms with Crippen LogP contribution < -0.4 is 10.6 Å². The van der Waals surface area contributed by atoms with E-state index in [0.717, 1.165) is 25.2 Å². The molecule has 0 amide bonds. The molecule has 13 heteroatoms. The normalized spacial score (nSPS) is 21.1. The molecule has 0 bridgehead atoms. The van der Waals surface area contributed by atoms with E-state index in [-0.39, 0.29) is 17.1 Å². The van der Waals surface area contributed by atoms with Crippen LogP contribution >= 0.6 is 0 Å². The maximum Gasteiger partial charge on any atom is 2.00 e. The summed E-state index contributed by atoms with van der Waals surface area (Å²) in [5.41, 5.74) is 0. The average molecular weight is 407 g/mol. The van der Waals surface area contributed by atoms with E-state index in [0.29, 0.717) is 0 Å². The van der Waals surface area contributed by atoms with Crippen molar-refractivity contribution in [3.63, 3.8) is 0 Å². The van der Waals surface area contributed by atoms with Crippen LogP contribution in [0.25, 0.3) is 0 Å². The predicted octanol–water partition coefficient (Wildman–Crippen LogP) is 4.11. The summed E-state index contributed by atoms with van der Waals surface area (Å²) in [6, 6.07) is 1.45. The van der Waals surface area contributed by atoms with Crippen molar-refractivity contribution in [2.75, 3.05) is 13.1 Å². The second-order valence-electron chi connectivity index (χ2n) is 4.60. The van der Waals surface area contributed by atoms with Crippen molar-refractivity contribution in [3.05, 3.63) is 0 Å². The van der Waals surface area contributed by atoms with Gasteiger partial charge in [-0.3, -0.25) is 0 Å². The molecule has 1 rings (SSSR count). The summed E-state index contributed by atoms with van der Waals surface area (Å²) in [5, 5.41) is 7.11. The average Bonchev–Trinajstić information content (AvgIpc) is 2.28. The van der Waals surface area contributed by atoms with Crippen molar-refractivity contribution >= 4 is 14.5 Å². The zero-order valence-electron chi connectivity index (χ0n) is 12.9. The maximum absolute atomic E-state index is 9.75. The molecule has 145 valence electrons. The van der Waals surface area contributed by atoms with Gasteiger partial charge in [0.25, 0.3) is 0 Å². The van der Waals surface area contributed by atoms with E-state index in [1.54, 1.807) is 0 Å². The Balaban J connectivity index is -0.000000307. The number of rotatable bonds is 4. The van der Waals surface area contributed by atoms with Crippen LogP contribution in [-0.4, -0.2) is 39.7 Å². The molecule has 0 heterocycles. The Kier molecular flexibility index (Phi) is 17.4. The number of hydrogen-bond donors (Lipinski definition) is 2. The summed E-state index contributed by atoms with van der Waals surface area (Å²) in [6.07, 6.45) is 5.51. The standard InChI is InChI=1S/C10H22N2.2BF4.Cu/c1-3-11-9-7-5-6-8-10(9)12-4-2;2*2-1(3,4)5;/h9-12H,3-8H2,1-2H3;;;/q;2*-1;+2. The van der Waals surface area contributed by atoms with Gasteiger partial charge in [-0.05, 0) is 25.9 Å². The summed E-state index contributed by atoms with van der Waals surface area (Å²) in [7, 11) is -12.0. The van der Waals surface area contributed by atoms with E-state index < -0.39 is 14.5 Å². The molecular formula is C10H22B2CuF8N2. The maximum atomic E-state index is 9.75. The third-order valence-electron chi connectivity index (χ3n) is 2.70.